The highest BCUT2D eigenvalue weighted by Crippen LogP contribution is 2.29. The molecule has 0 aliphatic carbocycles. The van der Waals surface area contributed by atoms with E-state index in [1.54, 1.807) is 0 Å². The standard InChI is InChI=1S/C28H32N2O/c31-28(22-23-12-4-1-5-13-23)29-27-18-10-11-20-30(27)21-19-26(24-14-6-2-7-15-24)25-16-8-3-9-17-25/h1-9,12-17,26-27H,10-11,18-22H2,(H,29,31). The molecule has 1 aliphatic heterocycles. The summed E-state index contributed by atoms with van der Waals surface area (Å²) in [4.78, 5) is 15.1. The van der Waals surface area contributed by atoms with Gasteiger partial charge in [0.15, 0.2) is 0 Å². The van der Waals surface area contributed by atoms with Crippen molar-refractivity contribution in [3.63, 3.8) is 0 Å². The molecule has 1 amide bonds. The minimum atomic E-state index is 0.116. The van der Waals surface area contributed by atoms with Crippen LogP contribution >= 0.6 is 0 Å². The molecule has 31 heavy (non-hydrogen) atoms. The molecule has 0 saturated carbocycles. The molecule has 1 heterocycles. The van der Waals surface area contributed by atoms with Crippen LogP contribution in [-0.4, -0.2) is 30.1 Å². The van der Waals surface area contributed by atoms with E-state index in [0.29, 0.717) is 12.3 Å². The first kappa shape index (κ1) is 21.3. The molecule has 3 aromatic carbocycles. The summed E-state index contributed by atoms with van der Waals surface area (Å²) in [6, 6.07) is 31.6. The van der Waals surface area contributed by atoms with Crippen LogP contribution in [0, 0.1) is 0 Å². The summed E-state index contributed by atoms with van der Waals surface area (Å²) in [5.74, 6) is 0.482. The van der Waals surface area contributed by atoms with Crippen LogP contribution in [-0.2, 0) is 11.2 Å². The normalized spacial score (nSPS) is 16.9. The molecule has 3 nitrogen and oxygen atoms in total. The summed E-state index contributed by atoms with van der Waals surface area (Å²) in [5.41, 5.74) is 3.78. The summed E-state index contributed by atoms with van der Waals surface area (Å²) in [5, 5.41) is 3.31. The maximum Gasteiger partial charge on any atom is 0.225 e. The van der Waals surface area contributed by atoms with Crippen molar-refractivity contribution in [1.29, 1.82) is 0 Å². The van der Waals surface area contributed by atoms with Crippen molar-refractivity contribution in [1.82, 2.24) is 10.2 Å². The Morgan fingerprint density at radius 3 is 2.03 bits per heavy atom. The van der Waals surface area contributed by atoms with Crippen LogP contribution in [0.1, 0.15) is 48.3 Å². The van der Waals surface area contributed by atoms with Crippen molar-refractivity contribution in [3.05, 3.63) is 108 Å². The van der Waals surface area contributed by atoms with Gasteiger partial charge in [0, 0.05) is 19.0 Å². The third kappa shape index (κ3) is 6.05. The molecule has 160 valence electrons. The molecule has 0 spiro atoms. The van der Waals surface area contributed by atoms with Crippen molar-refractivity contribution < 1.29 is 4.79 Å². The fourth-order valence-corrected chi connectivity index (χ4v) is 4.63. The number of nitrogens with zero attached hydrogens (tertiary/aromatic N) is 1. The molecule has 1 saturated heterocycles. The predicted octanol–water partition coefficient (Wildman–Crippen LogP) is 5.38. The Bertz CT molecular complexity index is 888. The third-order valence-corrected chi connectivity index (χ3v) is 6.26. The van der Waals surface area contributed by atoms with E-state index in [0.717, 1.165) is 31.5 Å². The zero-order valence-electron chi connectivity index (χ0n) is 18.1. The van der Waals surface area contributed by atoms with Crippen LogP contribution in [0.2, 0.25) is 0 Å². The summed E-state index contributed by atoms with van der Waals surface area (Å²) < 4.78 is 0. The maximum absolute atomic E-state index is 12.7. The lowest BCUT2D eigenvalue weighted by Crippen LogP contribution is -2.51. The van der Waals surface area contributed by atoms with Crippen molar-refractivity contribution in [2.45, 2.75) is 44.2 Å². The van der Waals surface area contributed by atoms with Crippen LogP contribution in [0.15, 0.2) is 91.0 Å². The average Bonchev–Trinajstić information content (AvgIpc) is 2.82. The molecule has 1 N–H and O–H groups in total. The lowest BCUT2D eigenvalue weighted by atomic mass is 9.88. The Morgan fingerprint density at radius 1 is 0.839 bits per heavy atom. The average molecular weight is 413 g/mol. The smallest absolute Gasteiger partial charge is 0.225 e. The first-order chi connectivity index (χ1) is 15.3. The lowest BCUT2D eigenvalue weighted by Gasteiger charge is -2.37. The number of nitrogens with one attached hydrogen (secondary N) is 1. The van der Waals surface area contributed by atoms with E-state index < -0.39 is 0 Å². The Kier molecular flexibility index (Phi) is 7.51. The van der Waals surface area contributed by atoms with Gasteiger partial charge in [0.2, 0.25) is 5.91 Å². The number of hydrogen-bond donors (Lipinski definition) is 1. The van der Waals surface area contributed by atoms with Gasteiger partial charge in [0.1, 0.15) is 0 Å². The monoisotopic (exact) mass is 412 g/mol. The molecule has 0 aromatic heterocycles. The van der Waals surface area contributed by atoms with Crippen molar-refractivity contribution in [2.24, 2.45) is 0 Å². The predicted molar refractivity (Wildman–Crippen MR) is 127 cm³/mol. The Balaban J connectivity index is 1.41. The second-order valence-corrected chi connectivity index (χ2v) is 8.44. The van der Waals surface area contributed by atoms with E-state index in [1.807, 2.05) is 30.3 Å². The zero-order valence-corrected chi connectivity index (χ0v) is 18.1. The van der Waals surface area contributed by atoms with Crippen LogP contribution in [0.5, 0.6) is 0 Å². The second-order valence-electron chi connectivity index (χ2n) is 8.44. The summed E-state index contributed by atoms with van der Waals surface area (Å²) in [6.07, 6.45) is 5.03. The van der Waals surface area contributed by atoms with E-state index in [-0.39, 0.29) is 12.1 Å². The van der Waals surface area contributed by atoms with Gasteiger partial charge in [-0.2, -0.15) is 0 Å². The molecule has 1 fully saturated rings. The van der Waals surface area contributed by atoms with Gasteiger partial charge in [0.25, 0.3) is 0 Å². The van der Waals surface area contributed by atoms with E-state index in [2.05, 4.69) is 70.9 Å². The Hall–Kier alpha value is -2.91. The van der Waals surface area contributed by atoms with Crippen LogP contribution in [0.3, 0.4) is 0 Å². The highest BCUT2D eigenvalue weighted by Gasteiger charge is 2.25. The first-order valence-corrected chi connectivity index (χ1v) is 11.5. The number of piperidine rings is 1. The third-order valence-electron chi connectivity index (χ3n) is 6.26. The minimum absolute atomic E-state index is 0.116. The minimum Gasteiger partial charge on any atom is -0.340 e. The van der Waals surface area contributed by atoms with Crippen LogP contribution < -0.4 is 5.32 Å². The summed E-state index contributed by atoms with van der Waals surface area (Å²) in [7, 11) is 0. The van der Waals surface area contributed by atoms with Crippen molar-refractivity contribution in [3.8, 4) is 0 Å². The quantitative estimate of drug-likeness (QED) is 0.539. The van der Waals surface area contributed by atoms with Gasteiger partial charge in [0.05, 0.1) is 12.6 Å². The van der Waals surface area contributed by atoms with Crippen LogP contribution in [0.4, 0.5) is 0 Å². The van der Waals surface area contributed by atoms with Crippen molar-refractivity contribution >= 4 is 5.91 Å². The highest BCUT2D eigenvalue weighted by atomic mass is 16.1. The highest BCUT2D eigenvalue weighted by molar-refractivity contribution is 5.78. The van der Waals surface area contributed by atoms with Gasteiger partial charge in [-0.1, -0.05) is 91.0 Å². The summed E-state index contributed by atoms with van der Waals surface area (Å²) >= 11 is 0. The summed E-state index contributed by atoms with van der Waals surface area (Å²) in [6.45, 7) is 2.03. The largest absolute Gasteiger partial charge is 0.340 e. The van der Waals surface area contributed by atoms with Gasteiger partial charge in [-0.05, 0) is 42.4 Å². The number of carbonyl (C=O) groups is 1. The molecular formula is C28H32N2O. The van der Waals surface area contributed by atoms with Gasteiger partial charge < -0.3 is 5.32 Å². The van der Waals surface area contributed by atoms with E-state index in [9.17, 15) is 4.79 Å². The molecule has 3 aromatic rings. The number of likely N-dealkylation sites (tertiary alicyclic amines) is 1. The number of carbonyl (C=O) groups excluding carboxylic acids is 1. The maximum atomic E-state index is 12.7. The number of hydrogen-bond acceptors (Lipinski definition) is 2. The molecule has 1 aliphatic rings. The van der Waals surface area contributed by atoms with E-state index in [4.69, 9.17) is 0 Å². The van der Waals surface area contributed by atoms with E-state index in [1.165, 1.54) is 24.0 Å². The fraction of sp³-hybridized carbons (Fsp3) is 0.321. The Labute approximate surface area is 186 Å². The topological polar surface area (TPSA) is 32.3 Å². The first-order valence-electron chi connectivity index (χ1n) is 11.5. The van der Waals surface area contributed by atoms with Gasteiger partial charge in [-0.3, -0.25) is 9.69 Å². The number of benzene rings is 3. The molecule has 1 unspecified atom stereocenters. The molecular weight excluding hydrogens is 380 g/mol. The van der Waals surface area contributed by atoms with Gasteiger partial charge >= 0.3 is 0 Å². The number of amides is 1. The van der Waals surface area contributed by atoms with E-state index >= 15 is 0 Å². The second kappa shape index (κ2) is 10.9. The lowest BCUT2D eigenvalue weighted by molar-refractivity contribution is -0.122. The SMILES string of the molecule is O=C(Cc1ccccc1)NC1CCCCN1CCC(c1ccccc1)c1ccccc1. The van der Waals surface area contributed by atoms with Gasteiger partial charge in [-0.25, -0.2) is 0 Å². The molecule has 0 radical (unpaired) electrons. The van der Waals surface area contributed by atoms with Crippen LogP contribution in [0.25, 0.3) is 0 Å². The Morgan fingerprint density at radius 2 is 1.42 bits per heavy atom. The fourth-order valence-electron chi connectivity index (χ4n) is 4.63. The zero-order chi connectivity index (χ0) is 21.3. The molecule has 3 heteroatoms. The molecule has 4 rings (SSSR count). The molecule has 1 atom stereocenters. The van der Waals surface area contributed by atoms with Gasteiger partial charge in [-0.15, -0.1) is 0 Å². The molecule has 0 bridgehead atoms. The van der Waals surface area contributed by atoms with Crippen molar-refractivity contribution in [2.75, 3.05) is 13.1 Å². The number of rotatable bonds is 8.